The van der Waals surface area contributed by atoms with E-state index in [1.54, 1.807) is 19.9 Å². The lowest BCUT2D eigenvalue weighted by Gasteiger charge is -2.19. The molecule has 0 aromatic carbocycles. The standard InChI is InChI=1S/C10H16O3/c1-5-7(2)9-8(6-11)12-10(3,4)13-9/h5-9H,1H2,2-4H3/t7-,8-,9+/m1/s1. The van der Waals surface area contributed by atoms with Crippen molar-refractivity contribution in [1.29, 1.82) is 0 Å². The van der Waals surface area contributed by atoms with Crippen LogP contribution < -0.4 is 0 Å². The van der Waals surface area contributed by atoms with Crippen LogP contribution in [0, 0.1) is 5.92 Å². The predicted molar refractivity (Wildman–Crippen MR) is 49.3 cm³/mol. The van der Waals surface area contributed by atoms with Gasteiger partial charge in [0.25, 0.3) is 0 Å². The summed E-state index contributed by atoms with van der Waals surface area (Å²) < 4.78 is 11.0. The smallest absolute Gasteiger partial charge is 0.164 e. The summed E-state index contributed by atoms with van der Waals surface area (Å²) in [4.78, 5) is 10.7. The molecule has 3 atom stereocenters. The summed E-state index contributed by atoms with van der Waals surface area (Å²) in [5, 5.41) is 0. The molecule has 13 heavy (non-hydrogen) atoms. The third-order valence-electron chi connectivity index (χ3n) is 2.19. The lowest BCUT2D eigenvalue weighted by Crippen LogP contribution is -2.29. The van der Waals surface area contributed by atoms with Gasteiger partial charge in [0.05, 0.1) is 6.10 Å². The van der Waals surface area contributed by atoms with E-state index in [4.69, 9.17) is 9.47 Å². The van der Waals surface area contributed by atoms with Crippen molar-refractivity contribution >= 4 is 6.29 Å². The minimum absolute atomic E-state index is 0.122. The Labute approximate surface area is 78.7 Å². The van der Waals surface area contributed by atoms with E-state index in [-0.39, 0.29) is 12.0 Å². The number of hydrogen-bond donors (Lipinski definition) is 0. The van der Waals surface area contributed by atoms with Crippen molar-refractivity contribution in [3.63, 3.8) is 0 Å². The fourth-order valence-corrected chi connectivity index (χ4v) is 1.46. The predicted octanol–water partition coefficient (Wildman–Crippen LogP) is 1.53. The highest BCUT2D eigenvalue weighted by atomic mass is 16.8. The van der Waals surface area contributed by atoms with Crippen LogP contribution in [0.2, 0.25) is 0 Å². The lowest BCUT2D eigenvalue weighted by molar-refractivity contribution is -0.151. The molecule has 1 saturated heterocycles. The fraction of sp³-hybridized carbons (Fsp3) is 0.700. The average molecular weight is 184 g/mol. The summed E-state index contributed by atoms with van der Waals surface area (Å²) in [7, 11) is 0. The average Bonchev–Trinajstić information content (AvgIpc) is 2.39. The van der Waals surface area contributed by atoms with Gasteiger partial charge in [0.1, 0.15) is 6.10 Å². The van der Waals surface area contributed by atoms with Gasteiger partial charge in [0.15, 0.2) is 12.1 Å². The molecule has 0 radical (unpaired) electrons. The van der Waals surface area contributed by atoms with E-state index in [1.807, 2.05) is 6.92 Å². The van der Waals surface area contributed by atoms with Gasteiger partial charge in [-0.1, -0.05) is 13.0 Å². The summed E-state index contributed by atoms with van der Waals surface area (Å²) in [5.41, 5.74) is 0. The molecule has 1 aliphatic heterocycles. The van der Waals surface area contributed by atoms with Crippen LogP contribution in [-0.4, -0.2) is 24.3 Å². The molecule has 0 N–H and O–H groups in total. The topological polar surface area (TPSA) is 35.5 Å². The summed E-state index contributed by atoms with van der Waals surface area (Å²) >= 11 is 0. The van der Waals surface area contributed by atoms with Crippen LogP contribution in [0.5, 0.6) is 0 Å². The summed E-state index contributed by atoms with van der Waals surface area (Å²) in [6, 6.07) is 0. The SMILES string of the molecule is C=C[C@@H](C)[C@@H]1OC(C)(C)O[C@@H]1C=O. The molecule has 1 rings (SSSR count). The molecule has 1 aliphatic rings. The Morgan fingerprint density at radius 3 is 2.54 bits per heavy atom. The summed E-state index contributed by atoms with van der Waals surface area (Å²) in [6.07, 6.45) is 1.89. The Kier molecular flexibility index (Phi) is 2.88. The Hall–Kier alpha value is -0.670. The van der Waals surface area contributed by atoms with Crippen LogP contribution in [0.15, 0.2) is 12.7 Å². The van der Waals surface area contributed by atoms with Crippen molar-refractivity contribution in [1.82, 2.24) is 0 Å². The van der Waals surface area contributed by atoms with Gasteiger partial charge in [-0.2, -0.15) is 0 Å². The van der Waals surface area contributed by atoms with Crippen LogP contribution in [-0.2, 0) is 14.3 Å². The molecule has 0 bridgehead atoms. The first-order valence-electron chi connectivity index (χ1n) is 4.43. The normalized spacial score (nSPS) is 34.1. The van der Waals surface area contributed by atoms with Gasteiger partial charge in [-0.3, -0.25) is 0 Å². The maximum absolute atomic E-state index is 10.7. The third kappa shape index (κ3) is 2.17. The molecule has 0 amide bonds. The van der Waals surface area contributed by atoms with E-state index in [0.717, 1.165) is 6.29 Å². The van der Waals surface area contributed by atoms with Crippen LogP contribution >= 0.6 is 0 Å². The summed E-state index contributed by atoms with van der Waals surface area (Å²) in [6.45, 7) is 9.24. The molecule has 0 unspecified atom stereocenters. The molecular formula is C10H16O3. The third-order valence-corrected chi connectivity index (χ3v) is 2.19. The number of carbonyl (C=O) groups is 1. The van der Waals surface area contributed by atoms with Crippen molar-refractivity contribution in [3.05, 3.63) is 12.7 Å². The number of aldehydes is 1. The van der Waals surface area contributed by atoms with Crippen molar-refractivity contribution < 1.29 is 14.3 Å². The molecule has 1 fully saturated rings. The number of ether oxygens (including phenoxy) is 2. The first-order valence-corrected chi connectivity index (χ1v) is 4.43. The van der Waals surface area contributed by atoms with Crippen LogP contribution in [0.25, 0.3) is 0 Å². The molecule has 3 nitrogen and oxygen atoms in total. The monoisotopic (exact) mass is 184 g/mol. The maximum atomic E-state index is 10.7. The maximum Gasteiger partial charge on any atom is 0.164 e. The van der Waals surface area contributed by atoms with Gasteiger partial charge >= 0.3 is 0 Å². The highest BCUT2D eigenvalue weighted by molar-refractivity contribution is 5.58. The molecular weight excluding hydrogens is 168 g/mol. The molecule has 0 aliphatic carbocycles. The lowest BCUT2D eigenvalue weighted by atomic mass is 10.0. The number of hydrogen-bond acceptors (Lipinski definition) is 3. The first-order chi connectivity index (χ1) is 6.00. The zero-order chi connectivity index (χ0) is 10.1. The molecule has 74 valence electrons. The van der Waals surface area contributed by atoms with E-state index in [0.29, 0.717) is 0 Å². The highest BCUT2D eigenvalue weighted by Crippen LogP contribution is 2.31. The molecule has 0 spiro atoms. The molecule has 0 saturated carbocycles. The largest absolute Gasteiger partial charge is 0.343 e. The van der Waals surface area contributed by atoms with E-state index in [2.05, 4.69) is 6.58 Å². The van der Waals surface area contributed by atoms with Gasteiger partial charge in [0, 0.05) is 5.92 Å². The number of rotatable bonds is 3. The van der Waals surface area contributed by atoms with E-state index in [1.165, 1.54) is 0 Å². The van der Waals surface area contributed by atoms with E-state index >= 15 is 0 Å². The second-order valence-electron chi connectivity index (χ2n) is 3.80. The van der Waals surface area contributed by atoms with Crippen molar-refractivity contribution in [2.24, 2.45) is 5.92 Å². The van der Waals surface area contributed by atoms with Gasteiger partial charge in [-0.15, -0.1) is 6.58 Å². The van der Waals surface area contributed by atoms with Crippen LogP contribution in [0.4, 0.5) is 0 Å². The zero-order valence-electron chi connectivity index (χ0n) is 8.32. The van der Waals surface area contributed by atoms with Gasteiger partial charge in [-0.25, -0.2) is 0 Å². The number of carbonyl (C=O) groups excluding carboxylic acids is 1. The first kappa shape index (κ1) is 10.4. The van der Waals surface area contributed by atoms with Crippen LogP contribution in [0.1, 0.15) is 20.8 Å². The Balaban J connectivity index is 2.74. The van der Waals surface area contributed by atoms with Gasteiger partial charge in [0.2, 0.25) is 0 Å². The van der Waals surface area contributed by atoms with Crippen molar-refractivity contribution in [3.8, 4) is 0 Å². The second-order valence-corrected chi connectivity index (χ2v) is 3.80. The summed E-state index contributed by atoms with van der Waals surface area (Å²) in [5.74, 6) is -0.537. The minimum Gasteiger partial charge on any atom is -0.343 e. The zero-order valence-corrected chi connectivity index (χ0v) is 8.32. The molecule has 1 heterocycles. The van der Waals surface area contributed by atoms with Crippen LogP contribution in [0.3, 0.4) is 0 Å². The van der Waals surface area contributed by atoms with Gasteiger partial charge < -0.3 is 14.3 Å². The van der Waals surface area contributed by atoms with Crippen molar-refractivity contribution in [2.45, 2.75) is 38.8 Å². The second kappa shape index (κ2) is 3.60. The molecule has 3 heteroatoms. The van der Waals surface area contributed by atoms with E-state index < -0.39 is 11.9 Å². The van der Waals surface area contributed by atoms with Crippen molar-refractivity contribution in [2.75, 3.05) is 0 Å². The quantitative estimate of drug-likeness (QED) is 0.493. The van der Waals surface area contributed by atoms with Gasteiger partial charge in [-0.05, 0) is 13.8 Å². The Morgan fingerprint density at radius 2 is 2.08 bits per heavy atom. The fourth-order valence-electron chi connectivity index (χ4n) is 1.46. The molecule has 0 aromatic rings. The highest BCUT2D eigenvalue weighted by Gasteiger charge is 2.42. The molecule has 0 aromatic heterocycles. The Morgan fingerprint density at radius 1 is 1.46 bits per heavy atom. The van der Waals surface area contributed by atoms with E-state index in [9.17, 15) is 4.79 Å². The Bertz CT molecular complexity index is 210. The minimum atomic E-state index is -0.659.